The van der Waals surface area contributed by atoms with Crippen LogP contribution in [0.3, 0.4) is 0 Å². The van der Waals surface area contributed by atoms with Crippen LogP contribution in [0, 0.1) is 0 Å². The highest BCUT2D eigenvalue weighted by atomic mass is 35.5. The fraction of sp³-hybridized carbons (Fsp3) is 0. The van der Waals surface area contributed by atoms with Crippen molar-refractivity contribution in [3.8, 4) is 0 Å². The first-order chi connectivity index (χ1) is 10.6. The van der Waals surface area contributed by atoms with E-state index in [0.717, 1.165) is 0 Å². The van der Waals surface area contributed by atoms with Crippen LogP contribution in [-0.2, 0) is 9.59 Å². The van der Waals surface area contributed by atoms with Crippen LogP contribution in [0.1, 0.15) is 5.56 Å². The molecule has 22 heavy (non-hydrogen) atoms. The molecule has 0 radical (unpaired) electrons. The SMILES string of the molecule is O=C1NC(=S)N(c2ccc(Cl)cc2)C(=O)C1=Cc1ccoc1. The Balaban J connectivity index is 2.01. The number of halogens is 1. The van der Waals surface area contributed by atoms with Crippen LogP contribution in [0.2, 0.25) is 5.02 Å². The van der Waals surface area contributed by atoms with Crippen molar-refractivity contribution in [1.82, 2.24) is 5.32 Å². The average Bonchev–Trinajstić information content (AvgIpc) is 2.98. The number of carbonyl (C=O) groups is 2. The predicted molar refractivity (Wildman–Crippen MR) is 86.4 cm³/mol. The average molecular weight is 333 g/mol. The van der Waals surface area contributed by atoms with Crippen LogP contribution in [-0.4, -0.2) is 16.9 Å². The summed E-state index contributed by atoms with van der Waals surface area (Å²) < 4.78 is 4.93. The number of rotatable bonds is 2. The van der Waals surface area contributed by atoms with E-state index in [2.05, 4.69) is 5.32 Å². The molecule has 1 saturated heterocycles. The third kappa shape index (κ3) is 2.66. The number of hydrogen-bond acceptors (Lipinski definition) is 4. The highest BCUT2D eigenvalue weighted by Gasteiger charge is 2.34. The van der Waals surface area contributed by atoms with E-state index in [1.165, 1.54) is 23.5 Å². The summed E-state index contributed by atoms with van der Waals surface area (Å²) in [7, 11) is 0. The van der Waals surface area contributed by atoms with Crippen molar-refractivity contribution in [3.63, 3.8) is 0 Å². The van der Waals surface area contributed by atoms with Gasteiger partial charge in [-0.3, -0.25) is 19.8 Å². The number of amides is 2. The van der Waals surface area contributed by atoms with E-state index in [1.54, 1.807) is 30.3 Å². The topological polar surface area (TPSA) is 62.6 Å². The number of carbonyl (C=O) groups excluding carboxylic acids is 2. The molecule has 0 spiro atoms. The van der Waals surface area contributed by atoms with Gasteiger partial charge in [-0.2, -0.15) is 0 Å². The molecule has 1 N–H and O–H groups in total. The molecule has 1 aliphatic rings. The lowest BCUT2D eigenvalue weighted by molar-refractivity contribution is -0.122. The normalized spacial score (nSPS) is 17.0. The van der Waals surface area contributed by atoms with Crippen molar-refractivity contribution in [2.75, 3.05) is 4.90 Å². The van der Waals surface area contributed by atoms with Gasteiger partial charge in [0.25, 0.3) is 11.8 Å². The molecule has 7 heteroatoms. The largest absolute Gasteiger partial charge is 0.472 e. The van der Waals surface area contributed by atoms with Crippen LogP contribution >= 0.6 is 23.8 Å². The molecular formula is C15H9ClN2O3S. The number of nitrogens with one attached hydrogen (secondary N) is 1. The number of thiocarbonyl (C=S) groups is 1. The highest BCUT2D eigenvalue weighted by Crippen LogP contribution is 2.23. The van der Waals surface area contributed by atoms with E-state index in [9.17, 15) is 9.59 Å². The molecule has 1 fully saturated rings. The zero-order valence-electron chi connectivity index (χ0n) is 11.1. The Labute approximate surface area is 136 Å². The monoisotopic (exact) mass is 332 g/mol. The smallest absolute Gasteiger partial charge is 0.270 e. The van der Waals surface area contributed by atoms with Gasteiger partial charge >= 0.3 is 0 Å². The van der Waals surface area contributed by atoms with E-state index in [-0.39, 0.29) is 10.7 Å². The maximum atomic E-state index is 12.6. The molecule has 110 valence electrons. The molecule has 5 nitrogen and oxygen atoms in total. The predicted octanol–water partition coefficient (Wildman–Crippen LogP) is 2.76. The molecule has 0 bridgehead atoms. The quantitative estimate of drug-likeness (QED) is 0.522. The summed E-state index contributed by atoms with van der Waals surface area (Å²) in [5, 5.41) is 3.07. The molecule has 0 aliphatic carbocycles. The van der Waals surface area contributed by atoms with Gasteiger partial charge in [-0.1, -0.05) is 11.6 Å². The summed E-state index contributed by atoms with van der Waals surface area (Å²) in [5.41, 5.74) is 1.12. The second kappa shape index (κ2) is 5.75. The lowest BCUT2D eigenvalue weighted by atomic mass is 10.1. The van der Waals surface area contributed by atoms with Crippen molar-refractivity contribution in [2.45, 2.75) is 0 Å². The third-order valence-electron chi connectivity index (χ3n) is 3.04. The van der Waals surface area contributed by atoms with Gasteiger partial charge in [0.05, 0.1) is 18.2 Å². The Hall–Kier alpha value is -2.44. The zero-order valence-corrected chi connectivity index (χ0v) is 12.6. The van der Waals surface area contributed by atoms with Gasteiger partial charge in [0, 0.05) is 10.6 Å². The lowest BCUT2D eigenvalue weighted by Crippen LogP contribution is -2.54. The standard InChI is InChI=1S/C15H9ClN2O3S/c16-10-1-3-11(4-2-10)18-14(20)12(13(19)17-15(18)22)7-9-5-6-21-8-9/h1-8H,(H,17,19,22). The minimum Gasteiger partial charge on any atom is -0.472 e. The van der Waals surface area contributed by atoms with Gasteiger partial charge in [0.15, 0.2) is 5.11 Å². The highest BCUT2D eigenvalue weighted by molar-refractivity contribution is 7.80. The Bertz CT molecular complexity index is 782. The van der Waals surface area contributed by atoms with Crippen molar-refractivity contribution >= 4 is 52.5 Å². The molecule has 3 rings (SSSR count). The van der Waals surface area contributed by atoms with Gasteiger partial charge in [-0.05, 0) is 48.6 Å². The Morgan fingerprint density at radius 3 is 2.55 bits per heavy atom. The molecule has 0 atom stereocenters. The first-order valence-electron chi connectivity index (χ1n) is 6.25. The van der Waals surface area contributed by atoms with E-state index < -0.39 is 11.8 Å². The van der Waals surface area contributed by atoms with Crippen LogP contribution in [0.15, 0.2) is 52.8 Å². The van der Waals surface area contributed by atoms with Crippen LogP contribution in [0.5, 0.6) is 0 Å². The molecule has 0 unspecified atom stereocenters. The molecule has 2 aromatic rings. The minimum absolute atomic E-state index is 0.0232. The van der Waals surface area contributed by atoms with Crippen LogP contribution in [0.4, 0.5) is 5.69 Å². The van der Waals surface area contributed by atoms with Gasteiger partial charge in [-0.25, -0.2) is 0 Å². The van der Waals surface area contributed by atoms with Crippen molar-refractivity contribution in [2.24, 2.45) is 0 Å². The summed E-state index contributed by atoms with van der Waals surface area (Å²) in [4.78, 5) is 25.9. The summed E-state index contributed by atoms with van der Waals surface area (Å²) in [6.45, 7) is 0. The number of hydrogen-bond donors (Lipinski definition) is 1. The first kappa shape index (κ1) is 14.5. The Kier molecular flexibility index (Phi) is 3.79. The van der Waals surface area contributed by atoms with Crippen LogP contribution < -0.4 is 10.2 Å². The lowest BCUT2D eigenvalue weighted by Gasteiger charge is -2.28. The second-order valence-electron chi connectivity index (χ2n) is 4.49. The fourth-order valence-corrected chi connectivity index (χ4v) is 2.41. The zero-order chi connectivity index (χ0) is 15.7. The Morgan fingerprint density at radius 2 is 1.91 bits per heavy atom. The molecule has 1 aromatic carbocycles. The summed E-state index contributed by atoms with van der Waals surface area (Å²) in [6, 6.07) is 8.23. The molecule has 2 heterocycles. The number of furan rings is 1. The molecule has 1 aromatic heterocycles. The maximum absolute atomic E-state index is 12.6. The summed E-state index contributed by atoms with van der Waals surface area (Å²) in [5.74, 6) is -1.04. The first-order valence-corrected chi connectivity index (χ1v) is 7.04. The van der Waals surface area contributed by atoms with E-state index >= 15 is 0 Å². The van der Waals surface area contributed by atoms with E-state index in [0.29, 0.717) is 16.3 Å². The van der Waals surface area contributed by atoms with E-state index in [4.69, 9.17) is 28.2 Å². The second-order valence-corrected chi connectivity index (χ2v) is 5.31. The van der Waals surface area contributed by atoms with Crippen molar-refractivity contribution in [1.29, 1.82) is 0 Å². The number of benzene rings is 1. The minimum atomic E-state index is -0.540. The number of anilines is 1. The Morgan fingerprint density at radius 1 is 1.18 bits per heavy atom. The van der Waals surface area contributed by atoms with Crippen molar-refractivity contribution in [3.05, 3.63) is 59.0 Å². The van der Waals surface area contributed by atoms with Crippen LogP contribution in [0.25, 0.3) is 6.08 Å². The summed E-state index contributed by atoms with van der Waals surface area (Å²) >= 11 is 10.9. The fourth-order valence-electron chi connectivity index (χ4n) is 2.01. The molecule has 1 aliphatic heterocycles. The molecule has 0 saturated carbocycles. The van der Waals surface area contributed by atoms with Gasteiger partial charge in [0.2, 0.25) is 0 Å². The number of nitrogens with zero attached hydrogens (tertiary/aromatic N) is 1. The van der Waals surface area contributed by atoms with Gasteiger partial charge in [0.1, 0.15) is 5.57 Å². The molecular weight excluding hydrogens is 324 g/mol. The molecule has 2 amide bonds. The van der Waals surface area contributed by atoms with E-state index in [1.807, 2.05) is 0 Å². The van der Waals surface area contributed by atoms with Gasteiger partial charge < -0.3 is 4.42 Å². The maximum Gasteiger partial charge on any atom is 0.270 e. The third-order valence-corrected chi connectivity index (χ3v) is 3.58. The summed E-state index contributed by atoms with van der Waals surface area (Å²) in [6.07, 6.45) is 4.35. The van der Waals surface area contributed by atoms with Gasteiger partial charge in [-0.15, -0.1) is 0 Å². The van der Waals surface area contributed by atoms with Crippen molar-refractivity contribution < 1.29 is 14.0 Å².